The third-order valence-corrected chi connectivity index (χ3v) is 5.07. The smallest absolute Gasteiger partial charge is 0.410 e. The molecule has 2 heterocycles. The lowest BCUT2D eigenvalue weighted by Crippen LogP contribution is -2.39. The number of thioether (sulfide) groups is 1. The van der Waals surface area contributed by atoms with Crippen LogP contribution in [-0.4, -0.2) is 59.8 Å². The van der Waals surface area contributed by atoms with Gasteiger partial charge >= 0.3 is 6.09 Å². The number of nitrogens with zero attached hydrogens (tertiary/aromatic N) is 2. The SMILES string of the molecule is O=C(CSCc1ccccc1)N1CCC(N2CCOC2=O)C1. The van der Waals surface area contributed by atoms with Gasteiger partial charge in [0.25, 0.3) is 0 Å². The van der Waals surface area contributed by atoms with Gasteiger partial charge in [0.05, 0.1) is 18.3 Å². The highest BCUT2D eigenvalue weighted by molar-refractivity contribution is 7.99. The van der Waals surface area contributed by atoms with Gasteiger partial charge in [-0.2, -0.15) is 0 Å². The van der Waals surface area contributed by atoms with Gasteiger partial charge in [-0.15, -0.1) is 11.8 Å². The Kier molecular flexibility index (Phi) is 4.87. The number of benzene rings is 1. The third-order valence-electron chi connectivity index (χ3n) is 4.09. The van der Waals surface area contributed by atoms with Crippen molar-refractivity contribution in [1.82, 2.24) is 9.80 Å². The molecular formula is C16H20N2O3S. The Morgan fingerprint density at radius 1 is 1.27 bits per heavy atom. The van der Waals surface area contributed by atoms with Crippen LogP contribution in [0.3, 0.4) is 0 Å². The van der Waals surface area contributed by atoms with Crippen molar-refractivity contribution in [1.29, 1.82) is 0 Å². The topological polar surface area (TPSA) is 49.9 Å². The van der Waals surface area contributed by atoms with Gasteiger partial charge in [-0.3, -0.25) is 9.69 Å². The van der Waals surface area contributed by atoms with E-state index in [4.69, 9.17) is 4.74 Å². The number of ether oxygens (including phenoxy) is 1. The molecule has 0 spiro atoms. The Balaban J connectivity index is 1.42. The van der Waals surface area contributed by atoms with Crippen LogP contribution in [0, 0.1) is 0 Å². The normalized spacial score (nSPS) is 21.3. The minimum Gasteiger partial charge on any atom is -0.448 e. The molecule has 2 fully saturated rings. The molecule has 3 rings (SSSR count). The van der Waals surface area contributed by atoms with E-state index in [-0.39, 0.29) is 18.0 Å². The number of hydrogen-bond donors (Lipinski definition) is 0. The molecular weight excluding hydrogens is 300 g/mol. The Bertz CT molecular complexity index is 537. The molecule has 1 atom stereocenters. The van der Waals surface area contributed by atoms with Crippen LogP contribution in [0.15, 0.2) is 30.3 Å². The van der Waals surface area contributed by atoms with E-state index in [1.165, 1.54) is 5.56 Å². The highest BCUT2D eigenvalue weighted by atomic mass is 32.2. The van der Waals surface area contributed by atoms with Gasteiger partial charge in [0.2, 0.25) is 5.91 Å². The zero-order valence-corrected chi connectivity index (χ0v) is 13.3. The van der Waals surface area contributed by atoms with Gasteiger partial charge in [-0.05, 0) is 12.0 Å². The molecule has 1 aromatic rings. The van der Waals surface area contributed by atoms with Gasteiger partial charge in [0, 0.05) is 18.8 Å². The minimum absolute atomic E-state index is 0.123. The van der Waals surface area contributed by atoms with Gasteiger partial charge in [0.15, 0.2) is 0 Å². The molecule has 0 radical (unpaired) electrons. The van der Waals surface area contributed by atoms with E-state index >= 15 is 0 Å². The molecule has 118 valence electrons. The number of hydrogen-bond acceptors (Lipinski definition) is 4. The third kappa shape index (κ3) is 3.55. The van der Waals surface area contributed by atoms with Crippen LogP contribution in [0.25, 0.3) is 0 Å². The molecule has 2 aliphatic rings. The quantitative estimate of drug-likeness (QED) is 0.832. The van der Waals surface area contributed by atoms with E-state index in [9.17, 15) is 9.59 Å². The zero-order valence-electron chi connectivity index (χ0n) is 12.4. The van der Waals surface area contributed by atoms with Crippen LogP contribution in [0.1, 0.15) is 12.0 Å². The monoisotopic (exact) mass is 320 g/mol. The van der Waals surface area contributed by atoms with Gasteiger partial charge in [-0.25, -0.2) is 4.79 Å². The lowest BCUT2D eigenvalue weighted by Gasteiger charge is -2.21. The summed E-state index contributed by atoms with van der Waals surface area (Å²) in [6.45, 7) is 2.49. The molecule has 1 unspecified atom stereocenters. The standard InChI is InChI=1S/C16H20N2O3S/c19-15(12-22-11-13-4-2-1-3-5-13)17-7-6-14(10-17)18-8-9-21-16(18)20/h1-5,14H,6-12H2. The first-order valence-electron chi connectivity index (χ1n) is 7.57. The molecule has 22 heavy (non-hydrogen) atoms. The molecule has 6 heteroatoms. The van der Waals surface area contributed by atoms with Crippen molar-refractivity contribution >= 4 is 23.8 Å². The molecule has 1 aromatic carbocycles. The summed E-state index contributed by atoms with van der Waals surface area (Å²) in [5, 5.41) is 0. The van der Waals surface area contributed by atoms with Crippen molar-refractivity contribution in [2.45, 2.75) is 18.2 Å². The molecule has 0 saturated carbocycles. The first kappa shape index (κ1) is 15.2. The fourth-order valence-electron chi connectivity index (χ4n) is 2.88. The van der Waals surface area contributed by atoms with Gasteiger partial charge < -0.3 is 9.64 Å². The average Bonchev–Trinajstić information content (AvgIpc) is 3.17. The summed E-state index contributed by atoms with van der Waals surface area (Å²) >= 11 is 1.64. The lowest BCUT2D eigenvalue weighted by molar-refractivity contribution is -0.127. The summed E-state index contributed by atoms with van der Waals surface area (Å²) < 4.78 is 4.97. The van der Waals surface area contributed by atoms with Crippen LogP contribution >= 0.6 is 11.8 Å². The van der Waals surface area contributed by atoms with E-state index in [0.29, 0.717) is 25.4 Å². The number of carbonyl (C=O) groups is 2. The zero-order chi connectivity index (χ0) is 15.4. The van der Waals surface area contributed by atoms with E-state index in [0.717, 1.165) is 18.7 Å². The Morgan fingerprint density at radius 2 is 2.09 bits per heavy atom. The number of likely N-dealkylation sites (tertiary alicyclic amines) is 1. The Labute approximate surface area is 134 Å². The predicted octanol–water partition coefficient (Wildman–Crippen LogP) is 1.97. The van der Waals surface area contributed by atoms with Crippen LogP contribution in [-0.2, 0) is 15.3 Å². The summed E-state index contributed by atoms with van der Waals surface area (Å²) in [7, 11) is 0. The lowest BCUT2D eigenvalue weighted by atomic mass is 10.2. The summed E-state index contributed by atoms with van der Waals surface area (Å²) in [5.41, 5.74) is 1.24. The molecule has 2 saturated heterocycles. The van der Waals surface area contributed by atoms with E-state index in [1.807, 2.05) is 23.1 Å². The van der Waals surface area contributed by atoms with Crippen molar-refractivity contribution < 1.29 is 14.3 Å². The first-order chi connectivity index (χ1) is 10.7. The van der Waals surface area contributed by atoms with Crippen molar-refractivity contribution in [3.8, 4) is 0 Å². The Morgan fingerprint density at radius 3 is 2.82 bits per heavy atom. The molecule has 0 bridgehead atoms. The summed E-state index contributed by atoms with van der Waals surface area (Å²) in [4.78, 5) is 27.4. The van der Waals surface area contributed by atoms with E-state index in [2.05, 4.69) is 12.1 Å². The maximum atomic E-state index is 12.2. The first-order valence-corrected chi connectivity index (χ1v) is 8.72. The summed E-state index contributed by atoms with van der Waals surface area (Å²) in [6, 6.07) is 10.3. The predicted molar refractivity (Wildman–Crippen MR) is 85.6 cm³/mol. The molecule has 0 aromatic heterocycles. The second-order valence-corrected chi connectivity index (χ2v) is 6.55. The molecule has 0 aliphatic carbocycles. The van der Waals surface area contributed by atoms with Crippen LogP contribution in [0.4, 0.5) is 4.79 Å². The fourth-order valence-corrected chi connectivity index (χ4v) is 3.77. The number of amides is 2. The van der Waals surface area contributed by atoms with E-state index in [1.54, 1.807) is 16.7 Å². The fraction of sp³-hybridized carbons (Fsp3) is 0.500. The molecule has 2 aliphatic heterocycles. The molecule has 2 amide bonds. The van der Waals surface area contributed by atoms with Gasteiger partial charge in [0.1, 0.15) is 6.61 Å². The average molecular weight is 320 g/mol. The number of carbonyl (C=O) groups excluding carboxylic acids is 2. The Hall–Kier alpha value is -1.69. The second-order valence-electron chi connectivity index (χ2n) is 5.57. The largest absolute Gasteiger partial charge is 0.448 e. The number of rotatable bonds is 5. The van der Waals surface area contributed by atoms with Crippen molar-refractivity contribution in [3.63, 3.8) is 0 Å². The highest BCUT2D eigenvalue weighted by Gasteiger charge is 2.35. The summed E-state index contributed by atoms with van der Waals surface area (Å²) in [6.07, 6.45) is 0.613. The van der Waals surface area contributed by atoms with E-state index < -0.39 is 0 Å². The van der Waals surface area contributed by atoms with Crippen LogP contribution in [0.2, 0.25) is 0 Å². The second kappa shape index (κ2) is 7.05. The van der Waals surface area contributed by atoms with Crippen LogP contribution in [0.5, 0.6) is 0 Å². The van der Waals surface area contributed by atoms with Gasteiger partial charge in [-0.1, -0.05) is 30.3 Å². The molecule has 0 N–H and O–H groups in total. The maximum absolute atomic E-state index is 12.2. The minimum atomic E-state index is -0.238. The highest BCUT2D eigenvalue weighted by Crippen LogP contribution is 2.20. The van der Waals surface area contributed by atoms with Crippen LogP contribution < -0.4 is 0 Å². The summed E-state index contributed by atoms with van der Waals surface area (Å²) in [5.74, 6) is 1.50. The number of cyclic esters (lactones) is 1. The van der Waals surface area contributed by atoms with Crippen molar-refractivity contribution in [2.24, 2.45) is 0 Å². The van der Waals surface area contributed by atoms with Crippen molar-refractivity contribution in [2.75, 3.05) is 32.0 Å². The molecule has 5 nitrogen and oxygen atoms in total. The van der Waals surface area contributed by atoms with Crippen molar-refractivity contribution in [3.05, 3.63) is 35.9 Å². The maximum Gasteiger partial charge on any atom is 0.410 e.